The Hall–Kier alpha value is -1.84. The van der Waals surface area contributed by atoms with Gasteiger partial charge in [-0.15, -0.1) is 0 Å². The molecule has 4 nitrogen and oxygen atoms in total. The van der Waals surface area contributed by atoms with Gasteiger partial charge in [-0.3, -0.25) is 5.41 Å². The van der Waals surface area contributed by atoms with Crippen LogP contribution in [0.2, 0.25) is 0 Å². The molecule has 1 N–H and O–H groups in total. The van der Waals surface area contributed by atoms with Gasteiger partial charge in [-0.1, -0.05) is 17.7 Å². The number of benzene rings is 1. The average Bonchev–Trinajstić information content (AvgIpc) is 2.50. The Morgan fingerprint density at radius 2 is 1.86 bits per heavy atom. The normalized spacial score (nSPS) is 10.4. The number of nitrogens with one attached hydrogen (secondary N) is 1. The van der Waals surface area contributed by atoms with Crippen LogP contribution in [0.4, 0.5) is 0 Å². The van der Waals surface area contributed by atoms with Crippen molar-refractivity contribution in [3.05, 3.63) is 41.1 Å². The molecule has 72 valence electrons. The minimum atomic E-state index is 0.102. The standard InChI is InChI=1S/C10H11N3O/c1-7-3-5-9(6-4-7)13-8(2)10(11)14-12-13/h3-6,11H,1-2H3. The van der Waals surface area contributed by atoms with Crippen LogP contribution >= 0.6 is 0 Å². The number of hydrogen-bond acceptors (Lipinski definition) is 2. The molecule has 14 heavy (non-hydrogen) atoms. The maximum absolute atomic E-state index is 7.38. The van der Waals surface area contributed by atoms with E-state index in [2.05, 4.69) is 5.27 Å². The molecule has 0 atom stereocenters. The first-order valence-corrected chi connectivity index (χ1v) is 4.36. The van der Waals surface area contributed by atoms with Crippen LogP contribution in [0.25, 0.3) is 5.69 Å². The van der Waals surface area contributed by atoms with Gasteiger partial charge in [0, 0.05) is 19.1 Å². The van der Waals surface area contributed by atoms with Crippen molar-refractivity contribution in [2.45, 2.75) is 13.8 Å². The molecular formula is C10H11N3O. The fourth-order valence-electron chi connectivity index (χ4n) is 1.23. The SMILES string of the molecule is Cc1ccc(-[n+]2[n-]oc(=N)c2C)cc1. The van der Waals surface area contributed by atoms with Gasteiger partial charge in [0.1, 0.15) is 0 Å². The largest absolute Gasteiger partial charge is 0.486 e. The summed E-state index contributed by atoms with van der Waals surface area (Å²) in [4.78, 5) is 0. The van der Waals surface area contributed by atoms with E-state index in [0.717, 1.165) is 5.69 Å². The van der Waals surface area contributed by atoms with Gasteiger partial charge in [0.2, 0.25) is 11.4 Å². The Morgan fingerprint density at radius 3 is 2.36 bits per heavy atom. The number of rotatable bonds is 1. The van der Waals surface area contributed by atoms with E-state index in [1.54, 1.807) is 11.6 Å². The lowest BCUT2D eigenvalue weighted by molar-refractivity contribution is -0.682. The van der Waals surface area contributed by atoms with E-state index >= 15 is 0 Å². The van der Waals surface area contributed by atoms with Crippen molar-refractivity contribution in [1.29, 1.82) is 5.41 Å². The summed E-state index contributed by atoms with van der Waals surface area (Å²) in [5, 5.41) is 11.2. The highest BCUT2D eigenvalue weighted by atomic mass is 16.5. The van der Waals surface area contributed by atoms with E-state index in [-0.39, 0.29) is 5.55 Å². The molecule has 0 saturated heterocycles. The molecule has 4 heteroatoms. The second kappa shape index (κ2) is 3.14. The summed E-state index contributed by atoms with van der Waals surface area (Å²) in [6.45, 7) is 3.83. The van der Waals surface area contributed by atoms with Crippen LogP contribution in [-0.4, -0.2) is 0 Å². The number of aryl methyl sites for hydroxylation is 1. The van der Waals surface area contributed by atoms with Crippen LogP contribution < -0.4 is 15.5 Å². The smallest absolute Gasteiger partial charge is 0.268 e. The molecule has 2 aromatic rings. The number of nitrogens with zero attached hydrogens (tertiary/aromatic N) is 2. The lowest BCUT2D eigenvalue weighted by Crippen LogP contribution is -2.38. The van der Waals surface area contributed by atoms with Crippen LogP contribution in [0.1, 0.15) is 11.3 Å². The first-order chi connectivity index (χ1) is 6.68. The maximum Gasteiger partial charge on any atom is 0.268 e. The van der Waals surface area contributed by atoms with Crippen molar-refractivity contribution in [3.63, 3.8) is 0 Å². The Bertz CT molecular complexity index is 493. The van der Waals surface area contributed by atoms with Crippen molar-refractivity contribution < 1.29 is 9.20 Å². The highest BCUT2D eigenvalue weighted by molar-refractivity contribution is 5.26. The molecular weight excluding hydrogens is 178 g/mol. The zero-order chi connectivity index (χ0) is 10.1. The predicted molar refractivity (Wildman–Crippen MR) is 48.9 cm³/mol. The van der Waals surface area contributed by atoms with E-state index in [4.69, 9.17) is 9.93 Å². The van der Waals surface area contributed by atoms with Crippen LogP contribution in [0, 0.1) is 19.3 Å². The Morgan fingerprint density at radius 1 is 1.21 bits per heavy atom. The summed E-state index contributed by atoms with van der Waals surface area (Å²) < 4.78 is 6.37. The third-order valence-electron chi connectivity index (χ3n) is 2.14. The van der Waals surface area contributed by atoms with Gasteiger partial charge >= 0.3 is 0 Å². The molecule has 0 spiro atoms. The van der Waals surface area contributed by atoms with E-state index < -0.39 is 0 Å². The molecule has 0 aliphatic carbocycles. The maximum atomic E-state index is 7.38. The van der Waals surface area contributed by atoms with Crippen molar-refractivity contribution >= 4 is 0 Å². The van der Waals surface area contributed by atoms with E-state index in [1.807, 2.05) is 31.2 Å². The highest BCUT2D eigenvalue weighted by Crippen LogP contribution is 2.01. The summed E-state index contributed by atoms with van der Waals surface area (Å²) in [7, 11) is 0. The molecule has 1 aromatic heterocycles. The highest BCUT2D eigenvalue weighted by Gasteiger charge is 2.08. The topological polar surface area (TPSA) is 55.0 Å². The Labute approximate surface area is 81.3 Å². The minimum Gasteiger partial charge on any atom is -0.486 e. The summed E-state index contributed by atoms with van der Waals surface area (Å²) >= 11 is 0. The first kappa shape index (κ1) is 8.74. The zero-order valence-electron chi connectivity index (χ0n) is 8.11. The Balaban J connectivity index is 2.55. The summed E-state index contributed by atoms with van der Waals surface area (Å²) in [6, 6.07) is 7.90. The van der Waals surface area contributed by atoms with Gasteiger partial charge < -0.3 is 4.52 Å². The van der Waals surface area contributed by atoms with Gasteiger partial charge in [-0.2, -0.15) is 0 Å². The van der Waals surface area contributed by atoms with E-state index in [1.165, 1.54) is 5.56 Å². The molecule has 2 rings (SSSR count). The molecule has 0 aliphatic rings. The third-order valence-corrected chi connectivity index (χ3v) is 2.14. The quantitative estimate of drug-likeness (QED) is 0.668. The molecule has 0 saturated carbocycles. The van der Waals surface area contributed by atoms with E-state index in [9.17, 15) is 0 Å². The van der Waals surface area contributed by atoms with Gasteiger partial charge in [0.05, 0.1) is 0 Å². The minimum absolute atomic E-state index is 0.102. The molecule has 0 unspecified atom stereocenters. The number of hydrogen-bond donors (Lipinski definition) is 1. The van der Waals surface area contributed by atoms with Crippen LogP contribution in [-0.2, 0) is 0 Å². The monoisotopic (exact) mass is 189 g/mol. The average molecular weight is 189 g/mol. The second-order valence-electron chi connectivity index (χ2n) is 3.23. The molecule has 1 aromatic carbocycles. The van der Waals surface area contributed by atoms with Crippen molar-refractivity contribution in [3.8, 4) is 5.69 Å². The van der Waals surface area contributed by atoms with Gasteiger partial charge in [-0.25, -0.2) is 9.95 Å². The summed E-state index contributed by atoms with van der Waals surface area (Å²) in [6.07, 6.45) is 0. The van der Waals surface area contributed by atoms with Gasteiger partial charge in [0.15, 0.2) is 0 Å². The molecule has 1 heterocycles. The molecule has 0 fully saturated rings. The van der Waals surface area contributed by atoms with Crippen molar-refractivity contribution in [2.75, 3.05) is 0 Å². The Kier molecular flexibility index (Phi) is 1.96. The third kappa shape index (κ3) is 1.35. The van der Waals surface area contributed by atoms with Gasteiger partial charge in [0.25, 0.3) is 5.55 Å². The van der Waals surface area contributed by atoms with Crippen LogP contribution in [0.15, 0.2) is 28.8 Å². The molecule has 0 radical (unpaired) electrons. The fraction of sp³-hybridized carbons (Fsp3) is 0.200. The summed E-state index contributed by atoms with van der Waals surface area (Å²) in [5.41, 5.74) is 2.91. The molecule has 0 aliphatic heterocycles. The summed E-state index contributed by atoms with van der Waals surface area (Å²) in [5.74, 6) is 0. The molecule has 0 bridgehead atoms. The van der Waals surface area contributed by atoms with E-state index in [0.29, 0.717) is 5.69 Å². The van der Waals surface area contributed by atoms with Gasteiger partial charge in [-0.05, 0) is 6.92 Å². The zero-order valence-corrected chi connectivity index (χ0v) is 8.11. The molecule has 0 amide bonds. The lowest BCUT2D eigenvalue weighted by atomic mass is 10.2. The lowest BCUT2D eigenvalue weighted by Gasteiger charge is -1.98. The van der Waals surface area contributed by atoms with Crippen LogP contribution in [0.3, 0.4) is 0 Å². The fourth-order valence-corrected chi connectivity index (χ4v) is 1.23. The van der Waals surface area contributed by atoms with Crippen molar-refractivity contribution in [2.24, 2.45) is 0 Å². The second-order valence-corrected chi connectivity index (χ2v) is 3.23. The predicted octanol–water partition coefficient (Wildman–Crippen LogP) is 0.610. The van der Waals surface area contributed by atoms with Crippen LogP contribution in [0.5, 0.6) is 0 Å². The first-order valence-electron chi connectivity index (χ1n) is 4.36. The number of aromatic nitrogens is 2. The van der Waals surface area contributed by atoms with Crippen molar-refractivity contribution in [1.82, 2.24) is 5.27 Å².